The van der Waals surface area contributed by atoms with E-state index in [-0.39, 0.29) is 0 Å². The molecule has 0 fully saturated rings. The summed E-state index contributed by atoms with van der Waals surface area (Å²) < 4.78 is 6.78. The van der Waals surface area contributed by atoms with E-state index in [1.807, 2.05) is 0 Å². The Balaban J connectivity index is 2.45. The summed E-state index contributed by atoms with van der Waals surface area (Å²) >= 11 is 0. The second-order valence-corrected chi connectivity index (χ2v) is 1.56. The third-order valence-corrected chi connectivity index (χ3v) is 0.854. The minimum atomic E-state index is 0.611. The molecule has 0 unspecified atom stereocenters. The molecule has 0 nitrogen and oxygen atoms in total. The maximum absolute atomic E-state index is 6.78. The van der Waals surface area contributed by atoms with Crippen LogP contribution in [0.3, 0.4) is 0 Å². The Hall–Kier alpha value is 0. The summed E-state index contributed by atoms with van der Waals surface area (Å²) in [6, 6.07) is 0. The predicted octanol–water partition coefficient (Wildman–Crippen LogP) is 2.59. The van der Waals surface area contributed by atoms with Crippen molar-refractivity contribution in [2.24, 2.45) is 0 Å². The van der Waals surface area contributed by atoms with Gasteiger partial charge in [0.15, 0.2) is 0 Å². The van der Waals surface area contributed by atoms with Gasteiger partial charge in [-0.15, -0.1) is 0 Å². The Bertz CT molecular complexity index is 23.4. The molecule has 0 aromatic carbocycles. The molecule has 0 aliphatic carbocycles. The largest absolute Gasteiger partial charge is 0.0654 e. The van der Waals surface area contributed by atoms with Gasteiger partial charge in [0, 0.05) is 1.37 Å². The van der Waals surface area contributed by atoms with Crippen molar-refractivity contribution in [3.05, 3.63) is 0 Å². The summed E-state index contributed by atoms with van der Waals surface area (Å²) in [5, 5.41) is 0. The van der Waals surface area contributed by atoms with Crippen molar-refractivity contribution >= 4 is 0 Å². The molecule has 0 aliphatic heterocycles. The van der Waals surface area contributed by atoms with Crippen molar-refractivity contribution in [1.82, 2.24) is 0 Å². The van der Waals surface area contributed by atoms with E-state index >= 15 is 0 Å². The highest BCUT2D eigenvalue weighted by Crippen LogP contribution is 1.95. The van der Waals surface area contributed by atoms with Crippen molar-refractivity contribution in [3.63, 3.8) is 0 Å². The van der Waals surface area contributed by atoms with E-state index in [4.69, 9.17) is 1.37 Å². The molecule has 0 aromatic rings. The zero-order valence-corrected chi connectivity index (χ0v) is 4.54. The van der Waals surface area contributed by atoms with Gasteiger partial charge in [0.1, 0.15) is 0 Å². The zero-order valence-electron chi connectivity index (χ0n) is 5.54. The lowest BCUT2D eigenvalue weighted by Crippen LogP contribution is -1.66. The second kappa shape index (κ2) is 5.00. The first-order valence-corrected chi connectivity index (χ1v) is 2.71. The van der Waals surface area contributed by atoms with Crippen LogP contribution < -0.4 is 0 Å². The smallest absolute Gasteiger partial charge is 0.0230 e. The molecule has 0 saturated carbocycles. The first-order valence-electron chi connectivity index (χ1n) is 3.41. The van der Waals surface area contributed by atoms with Gasteiger partial charge in [-0.05, 0) is 0 Å². The van der Waals surface area contributed by atoms with Crippen molar-refractivity contribution in [1.29, 1.82) is 0 Å². The van der Waals surface area contributed by atoms with Crippen LogP contribution in [0.5, 0.6) is 0 Å². The first-order chi connectivity index (χ1) is 3.41. The van der Waals surface area contributed by atoms with Crippen LogP contribution in [-0.2, 0) is 0 Å². The lowest BCUT2D eigenvalue weighted by Gasteiger charge is -1.86. The summed E-state index contributed by atoms with van der Waals surface area (Å²) in [4.78, 5) is 0. The van der Waals surface area contributed by atoms with Crippen LogP contribution in [0.4, 0.5) is 0 Å². The highest BCUT2D eigenvalue weighted by atomic mass is 13.8. The van der Waals surface area contributed by atoms with Gasteiger partial charge < -0.3 is 0 Å². The van der Waals surface area contributed by atoms with Crippen LogP contribution in [0.2, 0.25) is 0 Å². The Kier molecular flexibility index (Phi) is 3.47. The van der Waals surface area contributed by atoms with E-state index in [0.717, 1.165) is 6.42 Å². The van der Waals surface area contributed by atoms with Gasteiger partial charge >= 0.3 is 0 Å². The number of rotatable bonds is 3. The third-order valence-electron chi connectivity index (χ3n) is 0.854. The van der Waals surface area contributed by atoms with Crippen LogP contribution in [0, 0.1) is 0 Å². The van der Waals surface area contributed by atoms with Crippen molar-refractivity contribution in [2.75, 3.05) is 0 Å². The molecule has 0 atom stereocenters. The Morgan fingerprint density at radius 1 is 1.33 bits per heavy atom. The molecule has 38 valence electrons. The molecule has 0 spiro atoms. The molecule has 0 aliphatic rings. The van der Waals surface area contributed by atoms with Gasteiger partial charge in [0.2, 0.25) is 0 Å². The molecule has 0 saturated heterocycles. The van der Waals surface area contributed by atoms with E-state index in [1.165, 1.54) is 19.3 Å². The lowest BCUT2D eigenvalue weighted by atomic mass is 10.2. The van der Waals surface area contributed by atoms with Gasteiger partial charge in [-0.3, -0.25) is 0 Å². The van der Waals surface area contributed by atoms with Gasteiger partial charge in [-0.2, -0.15) is 0 Å². The van der Waals surface area contributed by atoms with Crippen LogP contribution in [-0.4, -0.2) is 0 Å². The molecule has 0 heterocycles. The summed E-state index contributed by atoms with van der Waals surface area (Å²) in [6.07, 6.45) is 4.92. The van der Waals surface area contributed by atoms with E-state index < -0.39 is 0 Å². The highest BCUT2D eigenvalue weighted by molar-refractivity contribution is 4.31. The molecule has 0 rings (SSSR count). The maximum atomic E-state index is 6.78. The molecular weight excluding hydrogens is 72.1 g/mol. The van der Waals surface area contributed by atoms with E-state index in [0.29, 0.717) is 6.90 Å². The Morgan fingerprint density at radius 3 is 2.50 bits per heavy atom. The normalized spacial score (nSPS) is 11.2. The second-order valence-electron chi connectivity index (χ2n) is 1.56. The van der Waals surface area contributed by atoms with Crippen molar-refractivity contribution in [3.8, 4) is 0 Å². The fraction of sp³-hybridized carbons (Fsp3) is 1.00. The predicted molar refractivity (Wildman–Crippen MR) is 29.8 cm³/mol. The van der Waals surface area contributed by atoms with E-state index in [2.05, 4.69) is 6.92 Å². The average molecular weight is 87.2 g/mol. The SMILES string of the molecule is [2H]CCCCCC. The van der Waals surface area contributed by atoms with Gasteiger partial charge in [0.25, 0.3) is 0 Å². The molecule has 6 heavy (non-hydrogen) atoms. The zero-order chi connectivity index (χ0) is 5.54. The molecule has 0 aromatic heterocycles. The fourth-order valence-electron chi connectivity index (χ4n) is 0.427. The van der Waals surface area contributed by atoms with Gasteiger partial charge in [-0.25, -0.2) is 0 Å². The fourth-order valence-corrected chi connectivity index (χ4v) is 0.427. The molecule has 0 N–H and O–H groups in total. The number of hydrogen-bond acceptors (Lipinski definition) is 0. The van der Waals surface area contributed by atoms with Crippen molar-refractivity contribution in [2.45, 2.75) is 39.5 Å². The van der Waals surface area contributed by atoms with Crippen LogP contribution in [0.25, 0.3) is 0 Å². The van der Waals surface area contributed by atoms with Crippen LogP contribution in [0.1, 0.15) is 40.9 Å². The van der Waals surface area contributed by atoms with Gasteiger partial charge in [0.05, 0.1) is 0 Å². The monoisotopic (exact) mass is 87.1 g/mol. The minimum Gasteiger partial charge on any atom is -0.0654 e. The molecule has 0 heteroatoms. The maximum Gasteiger partial charge on any atom is 0.0230 e. The molecule has 0 amide bonds. The van der Waals surface area contributed by atoms with Crippen molar-refractivity contribution < 1.29 is 1.37 Å². The third kappa shape index (κ3) is 4.00. The molecular formula is C6H14. The van der Waals surface area contributed by atoms with E-state index in [1.54, 1.807) is 0 Å². The summed E-state index contributed by atoms with van der Waals surface area (Å²) in [7, 11) is 0. The summed E-state index contributed by atoms with van der Waals surface area (Å²) in [5.74, 6) is 0. The molecule has 0 radical (unpaired) electrons. The Labute approximate surface area is 42.0 Å². The standard InChI is InChI=1S/C6H14/c1-3-5-6-4-2/h3-6H2,1-2H3/i1D. The van der Waals surface area contributed by atoms with Crippen LogP contribution >= 0.6 is 0 Å². The number of unbranched alkanes of at least 4 members (excludes halogenated alkanes) is 3. The minimum absolute atomic E-state index is 0.611. The lowest BCUT2D eigenvalue weighted by molar-refractivity contribution is 0.702. The summed E-state index contributed by atoms with van der Waals surface area (Å²) in [5.41, 5.74) is 0. The Morgan fingerprint density at radius 2 is 2.00 bits per heavy atom. The quantitative estimate of drug-likeness (QED) is 0.464. The van der Waals surface area contributed by atoms with E-state index in [9.17, 15) is 0 Å². The average Bonchev–Trinajstić information content (AvgIpc) is 1.69. The number of hydrogen-bond donors (Lipinski definition) is 0. The summed E-state index contributed by atoms with van der Waals surface area (Å²) in [6.45, 7) is 2.80. The highest BCUT2D eigenvalue weighted by Gasteiger charge is 1.75. The van der Waals surface area contributed by atoms with Gasteiger partial charge in [-0.1, -0.05) is 39.5 Å². The first kappa shape index (κ1) is 4.17. The molecule has 0 bridgehead atoms. The van der Waals surface area contributed by atoms with Crippen LogP contribution in [0.15, 0.2) is 0 Å². The topological polar surface area (TPSA) is 0 Å².